The van der Waals surface area contributed by atoms with Crippen LogP contribution in [0.3, 0.4) is 0 Å². The van der Waals surface area contributed by atoms with Crippen LogP contribution in [0.4, 0.5) is 20.6 Å². The zero-order chi connectivity index (χ0) is 15.9. The third-order valence-electron chi connectivity index (χ3n) is 3.99. The number of rotatable bonds is 2. The summed E-state index contributed by atoms with van der Waals surface area (Å²) < 4.78 is 14.1. The Bertz CT molecular complexity index is 680. The standard InChI is InChI=1S/C13H13FN4O4/c14-9-6-8(18(21)22)2-3-10(9)17-5-1-4-13(7-17)11(19)15-12(20)16-13/h2-3,6H,1,4-5,7H2,(H2,15,16,19,20). The third kappa shape index (κ3) is 2.24. The van der Waals surface area contributed by atoms with E-state index >= 15 is 0 Å². The summed E-state index contributed by atoms with van der Waals surface area (Å²) in [5, 5.41) is 15.4. The van der Waals surface area contributed by atoms with Crippen molar-refractivity contribution in [2.24, 2.45) is 0 Å². The number of piperidine rings is 1. The first-order valence-corrected chi connectivity index (χ1v) is 6.74. The van der Waals surface area contributed by atoms with Crippen molar-refractivity contribution in [1.29, 1.82) is 0 Å². The first kappa shape index (κ1) is 14.2. The first-order chi connectivity index (χ1) is 10.4. The van der Waals surface area contributed by atoms with Gasteiger partial charge < -0.3 is 10.2 Å². The molecule has 2 saturated heterocycles. The predicted octanol–water partition coefficient (Wildman–Crippen LogP) is 0.912. The molecule has 22 heavy (non-hydrogen) atoms. The molecular weight excluding hydrogens is 295 g/mol. The molecule has 3 rings (SSSR count). The van der Waals surface area contributed by atoms with Gasteiger partial charge in [-0.2, -0.15) is 0 Å². The Morgan fingerprint density at radius 2 is 2.14 bits per heavy atom. The SMILES string of the molecule is O=C1NC(=O)C2(CCCN(c3ccc([N+](=O)[O-])cc3F)C2)N1. The van der Waals surface area contributed by atoms with E-state index in [0.717, 1.165) is 6.07 Å². The highest BCUT2D eigenvalue weighted by atomic mass is 19.1. The molecule has 2 aliphatic heterocycles. The van der Waals surface area contributed by atoms with Gasteiger partial charge >= 0.3 is 6.03 Å². The number of nitrogens with zero attached hydrogens (tertiary/aromatic N) is 2. The quantitative estimate of drug-likeness (QED) is 0.480. The molecule has 3 amide bonds. The van der Waals surface area contributed by atoms with Gasteiger partial charge in [0, 0.05) is 12.6 Å². The van der Waals surface area contributed by atoms with Gasteiger partial charge in [0.05, 0.1) is 23.2 Å². The van der Waals surface area contributed by atoms with Crippen molar-refractivity contribution in [3.05, 3.63) is 34.1 Å². The van der Waals surface area contributed by atoms with E-state index in [-0.39, 0.29) is 17.9 Å². The highest BCUT2D eigenvalue weighted by Gasteiger charge is 2.49. The topological polar surface area (TPSA) is 105 Å². The lowest BCUT2D eigenvalue weighted by Crippen LogP contribution is -2.58. The maximum absolute atomic E-state index is 14.1. The van der Waals surface area contributed by atoms with Gasteiger partial charge in [0.1, 0.15) is 5.54 Å². The fourth-order valence-corrected chi connectivity index (χ4v) is 2.94. The Kier molecular flexibility index (Phi) is 3.19. The zero-order valence-corrected chi connectivity index (χ0v) is 11.5. The van der Waals surface area contributed by atoms with E-state index in [1.807, 2.05) is 0 Å². The van der Waals surface area contributed by atoms with Crippen LogP contribution in [0.25, 0.3) is 0 Å². The number of halogens is 1. The lowest BCUT2D eigenvalue weighted by Gasteiger charge is -2.39. The van der Waals surface area contributed by atoms with E-state index in [1.54, 1.807) is 4.90 Å². The number of anilines is 1. The molecule has 1 atom stereocenters. The van der Waals surface area contributed by atoms with Crippen LogP contribution in [0.15, 0.2) is 18.2 Å². The van der Waals surface area contributed by atoms with Crippen molar-refractivity contribution in [2.45, 2.75) is 18.4 Å². The second kappa shape index (κ2) is 4.93. The van der Waals surface area contributed by atoms with Crippen molar-refractivity contribution >= 4 is 23.3 Å². The average molecular weight is 308 g/mol. The number of hydrogen-bond donors (Lipinski definition) is 2. The van der Waals surface area contributed by atoms with Crippen LogP contribution in [-0.2, 0) is 4.79 Å². The highest BCUT2D eigenvalue weighted by Crippen LogP contribution is 2.31. The summed E-state index contributed by atoms with van der Waals surface area (Å²) in [6.07, 6.45) is 1.06. The summed E-state index contributed by atoms with van der Waals surface area (Å²) >= 11 is 0. The predicted molar refractivity (Wildman–Crippen MR) is 73.9 cm³/mol. The van der Waals surface area contributed by atoms with Gasteiger partial charge in [0.15, 0.2) is 5.82 Å². The van der Waals surface area contributed by atoms with Crippen LogP contribution >= 0.6 is 0 Å². The van der Waals surface area contributed by atoms with Crippen LogP contribution in [-0.4, -0.2) is 35.5 Å². The van der Waals surface area contributed by atoms with Crippen molar-refractivity contribution in [1.82, 2.24) is 10.6 Å². The molecule has 1 spiro atoms. The van der Waals surface area contributed by atoms with E-state index < -0.39 is 28.2 Å². The maximum atomic E-state index is 14.1. The van der Waals surface area contributed by atoms with Gasteiger partial charge in [-0.25, -0.2) is 9.18 Å². The molecular formula is C13H13FN4O4. The van der Waals surface area contributed by atoms with E-state index in [9.17, 15) is 24.1 Å². The normalized spacial score (nSPS) is 24.3. The number of carbonyl (C=O) groups excluding carboxylic acids is 2. The molecule has 2 fully saturated rings. The smallest absolute Gasteiger partial charge is 0.322 e. The summed E-state index contributed by atoms with van der Waals surface area (Å²) in [5.41, 5.74) is -1.22. The molecule has 0 aromatic heterocycles. The van der Waals surface area contributed by atoms with E-state index in [4.69, 9.17) is 0 Å². The van der Waals surface area contributed by atoms with Crippen LogP contribution < -0.4 is 15.5 Å². The number of benzene rings is 1. The molecule has 0 aliphatic carbocycles. The summed E-state index contributed by atoms with van der Waals surface area (Å²) in [5.74, 6) is -1.15. The van der Waals surface area contributed by atoms with Crippen LogP contribution in [0.2, 0.25) is 0 Å². The molecule has 0 bridgehead atoms. The fraction of sp³-hybridized carbons (Fsp3) is 0.385. The number of urea groups is 1. The van der Waals surface area contributed by atoms with Crippen molar-refractivity contribution in [2.75, 3.05) is 18.0 Å². The summed E-state index contributed by atoms with van der Waals surface area (Å²) in [7, 11) is 0. The average Bonchev–Trinajstić information content (AvgIpc) is 2.72. The third-order valence-corrected chi connectivity index (χ3v) is 3.99. The Labute approximate surface area is 124 Å². The minimum absolute atomic E-state index is 0.124. The number of imide groups is 1. The summed E-state index contributed by atoms with van der Waals surface area (Å²) in [4.78, 5) is 34.9. The molecule has 8 nitrogen and oxygen atoms in total. The second-order valence-electron chi connectivity index (χ2n) is 5.41. The lowest BCUT2D eigenvalue weighted by molar-refractivity contribution is -0.385. The van der Waals surface area contributed by atoms with Gasteiger partial charge in [-0.3, -0.25) is 20.2 Å². The Hall–Kier alpha value is -2.71. The number of nitro benzene ring substituents is 1. The second-order valence-corrected chi connectivity index (χ2v) is 5.41. The number of hydrogen-bond acceptors (Lipinski definition) is 5. The summed E-state index contributed by atoms with van der Waals surface area (Å²) in [6.45, 7) is 0.624. The maximum Gasteiger partial charge on any atom is 0.322 e. The van der Waals surface area contributed by atoms with Crippen LogP contribution in [0.1, 0.15) is 12.8 Å². The highest BCUT2D eigenvalue weighted by molar-refractivity contribution is 6.07. The number of nitro groups is 1. The van der Waals surface area contributed by atoms with Gasteiger partial charge in [0.25, 0.3) is 11.6 Å². The lowest BCUT2D eigenvalue weighted by atomic mass is 9.89. The number of non-ortho nitro benzene ring substituents is 1. The molecule has 0 radical (unpaired) electrons. The Morgan fingerprint density at radius 3 is 2.73 bits per heavy atom. The first-order valence-electron chi connectivity index (χ1n) is 6.74. The van der Waals surface area contributed by atoms with Crippen molar-refractivity contribution in [3.8, 4) is 0 Å². The molecule has 2 heterocycles. The number of nitrogens with one attached hydrogen (secondary N) is 2. The molecule has 2 aliphatic rings. The van der Waals surface area contributed by atoms with E-state index in [2.05, 4.69) is 10.6 Å². The molecule has 116 valence electrons. The molecule has 1 unspecified atom stereocenters. The summed E-state index contributed by atoms with van der Waals surface area (Å²) in [6, 6.07) is 2.83. The van der Waals surface area contributed by atoms with Gasteiger partial charge in [-0.05, 0) is 18.9 Å². The van der Waals surface area contributed by atoms with E-state index in [1.165, 1.54) is 12.1 Å². The monoisotopic (exact) mass is 308 g/mol. The zero-order valence-electron chi connectivity index (χ0n) is 11.5. The Morgan fingerprint density at radius 1 is 1.36 bits per heavy atom. The molecule has 2 N–H and O–H groups in total. The molecule has 9 heteroatoms. The largest absolute Gasteiger partial charge is 0.366 e. The molecule has 1 aromatic carbocycles. The fourth-order valence-electron chi connectivity index (χ4n) is 2.94. The number of amides is 3. The van der Waals surface area contributed by atoms with E-state index in [0.29, 0.717) is 19.4 Å². The molecule has 1 aromatic rings. The molecule has 0 saturated carbocycles. The Balaban J connectivity index is 1.88. The minimum Gasteiger partial charge on any atom is -0.366 e. The van der Waals surface area contributed by atoms with Gasteiger partial charge in [0.2, 0.25) is 0 Å². The van der Waals surface area contributed by atoms with Crippen molar-refractivity contribution in [3.63, 3.8) is 0 Å². The number of carbonyl (C=O) groups is 2. The minimum atomic E-state index is -1.07. The van der Waals surface area contributed by atoms with Gasteiger partial charge in [-0.1, -0.05) is 0 Å². The van der Waals surface area contributed by atoms with Crippen LogP contribution in [0.5, 0.6) is 0 Å². The van der Waals surface area contributed by atoms with Crippen molar-refractivity contribution < 1.29 is 18.9 Å². The van der Waals surface area contributed by atoms with Crippen LogP contribution in [0, 0.1) is 15.9 Å². The van der Waals surface area contributed by atoms with Gasteiger partial charge in [-0.15, -0.1) is 0 Å².